The summed E-state index contributed by atoms with van der Waals surface area (Å²) in [5.41, 5.74) is 1.60. The van der Waals surface area contributed by atoms with Gasteiger partial charge in [-0.1, -0.05) is 39.8 Å². The van der Waals surface area contributed by atoms with Crippen LogP contribution in [0.15, 0.2) is 24.3 Å². The van der Waals surface area contributed by atoms with Crippen molar-refractivity contribution in [2.24, 2.45) is 0 Å². The van der Waals surface area contributed by atoms with E-state index in [9.17, 15) is 0 Å². The molecule has 20 heavy (non-hydrogen) atoms. The lowest BCUT2D eigenvalue weighted by molar-refractivity contribution is -0.0142. The predicted molar refractivity (Wildman–Crippen MR) is 85.5 cm³/mol. The van der Waals surface area contributed by atoms with E-state index in [0.29, 0.717) is 0 Å². The van der Waals surface area contributed by atoms with Crippen molar-refractivity contribution < 1.29 is 4.74 Å². The summed E-state index contributed by atoms with van der Waals surface area (Å²) in [6.45, 7) is 11.0. The second-order valence-corrected chi connectivity index (χ2v) is 7.02. The lowest BCUT2D eigenvalue weighted by atomic mass is 9.77. The molecule has 0 amide bonds. The minimum Gasteiger partial charge on any atom is -0.487 e. The molecule has 112 valence electrons. The lowest BCUT2D eigenvalue weighted by Crippen LogP contribution is -2.45. The van der Waals surface area contributed by atoms with Crippen LogP contribution in [0.1, 0.15) is 58.9 Å². The van der Waals surface area contributed by atoms with E-state index in [1.165, 1.54) is 24.8 Å². The first kappa shape index (κ1) is 15.4. The Morgan fingerprint density at radius 1 is 1.25 bits per heavy atom. The Morgan fingerprint density at radius 2 is 2.00 bits per heavy atom. The first-order valence-electron chi connectivity index (χ1n) is 7.95. The Morgan fingerprint density at radius 3 is 2.55 bits per heavy atom. The quantitative estimate of drug-likeness (QED) is 0.782. The molecule has 1 aromatic rings. The molecule has 2 nitrogen and oxygen atoms in total. The fraction of sp³-hybridized carbons (Fsp3) is 0.667. The average Bonchev–Trinajstić information content (AvgIpc) is 2.35. The van der Waals surface area contributed by atoms with Crippen LogP contribution in [-0.4, -0.2) is 18.7 Å². The fourth-order valence-electron chi connectivity index (χ4n) is 2.74. The van der Waals surface area contributed by atoms with Crippen molar-refractivity contribution >= 4 is 0 Å². The zero-order valence-corrected chi connectivity index (χ0v) is 13.5. The van der Waals surface area contributed by atoms with Gasteiger partial charge in [-0.05, 0) is 61.9 Å². The van der Waals surface area contributed by atoms with Crippen LogP contribution in [0.3, 0.4) is 0 Å². The van der Waals surface area contributed by atoms with Gasteiger partial charge in [0.05, 0.1) is 0 Å². The third-order valence-corrected chi connectivity index (χ3v) is 4.31. The molecule has 1 saturated carbocycles. The van der Waals surface area contributed by atoms with Crippen molar-refractivity contribution in [3.05, 3.63) is 29.8 Å². The highest BCUT2D eigenvalue weighted by Gasteiger charge is 2.38. The molecule has 0 spiro atoms. The maximum absolute atomic E-state index is 6.38. The molecule has 2 heteroatoms. The molecule has 0 radical (unpaired) electrons. The molecular weight excluding hydrogens is 246 g/mol. The van der Waals surface area contributed by atoms with Gasteiger partial charge in [-0.3, -0.25) is 0 Å². The van der Waals surface area contributed by atoms with Gasteiger partial charge in [0.25, 0.3) is 0 Å². The van der Waals surface area contributed by atoms with Gasteiger partial charge >= 0.3 is 0 Å². The SMILES string of the molecule is CCNCCC1(Oc2cccc(C(C)(C)C)c2)CCC1. The van der Waals surface area contributed by atoms with Gasteiger partial charge in [0.2, 0.25) is 0 Å². The molecule has 1 aromatic carbocycles. The zero-order valence-electron chi connectivity index (χ0n) is 13.5. The van der Waals surface area contributed by atoms with E-state index in [-0.39, 0.29) is 11.0 Å². The molecule has 1 fully saturated rings. The largest absolute Gasteiger partial charge is 0.487 e. The van der Waals surface area contributed by atoms with Crippen LogP contribution in [0.5, 0.6) is 5.75 Å². The number of benzene rings is 1. The van der Waals surface area contributed by atoms with E-state index >= 15 is 0 Å². The van der Waals surface area contributed by atoms with E-state index in [2.05, 4.69) is 57.3 Å². The second-order valence-electron chi connectivity index (χ2n) is 7.02. The summed E-state index contributed by atoms with van der Waals surface area (Å²) in [6, 6.07) is 8.63. The number of rotatable bonds is 6. The zero-order chi connectivity index (χ0) is 14.6. The van der Waals surface area contributed by atoms with E-state index in [0.717, 1.165) is 25.3 Å². The average molecular weight is 275 g/mol. The Kier molecular flexibility index (Phi) is 4.74. The Labute approximate surface area is 123 Å². The van der Waals surface area contributed by atoms with Crippen molar-refractivity contribution in [1.82, 2.24) is 5.32 Å². The van der Waals surface area contributed by atoms with Gasteiger partial charge in [-0.15, -0.1) is 0 Å². The van der Waals surface area contributed by atoms with Crippen LogP contribution >= 0.6 is 0 Å². The third-order valence-electron chi connectivity index (χ3n) is 4.31. The Balaban J connectivity index is 2.04. The monoisotopic (exact) mass is 275 g/mol. The van der Waals surface area contributed by atoms with Gasteiger partial charge in [0.1, 0.15) is 11.4 Å². The summed E-state index contributed by atoms with van der Waals surface area (Å²) in [6.07, 6.45) is 4.79. The number of nitrogens with one attached hydrogen (secondary N) is 1. The maximum Gasteiger partial charge on any atom is 0.120 e. The summed E-state index contributed by atoms with van der Waals surface area (Å²) in [5, 5.41) is 3.41. The predicted octanol–water partition coefficient (Wildman–Crippen LogP) is 4.29. The minimum absolute atomic E-state index is 0.0820. The molecule has 0 heterocycles. The third kappa shape index (κ3) is 3.76. The molecule has 0 bridgehead atoms. The summed E-state index contributed by atoms with van der Waals surface area (Å²) < 4.78 is 6.38. The molecule has 0 unspecified atom stereocenters. The highest BCUT2D eigenvalue weighted by Crippen LogP contribution is 2.39. The summed E-state index contributed by atoms with van der Waals surface area (Å²) >= 11 is 0. The van der Waals surface area contributed by atoms with Gasteiger partial charge in [-0.2, -0.15) is 0 Å². The van der Waals surface area contributed by atoms with Crippen LogP contribution in [0.25, 0.3) is 0 Å². The van der Waals surface area contributed by atoms with Gasteiger partial charge in [0.15, 0.2) is 0 Å². The summed E-state index contributed by atoms with van der Waals surface area (Å²) in [7, 11) is 0. The van der Waals surface area contributed by atoms with Crippen molar-refractivity contribution in [3.8, 4) is 5.75 Å². The fourth-order valence-corrected chi connectivity index (χ4v) is 2.74. The van der Waals surface area contributed by atoms with Crippen molar-refractivity contribution in [1.29, 1.82) is 0 Å². The van der Waals surface area contributed by atoms with E-state index in [1.54, 1.807) is 0 Å². The van der Waals surface area contributed by atoms with Crippen LogP contribution in [0.4, 0.5) is 0 Å². The van der Waals surface area contributed by atoms with Crippen molar-refractivity contribution in [2.75, 3.05) is 13.1 Å². The maximum atomic E-state index is 6.38. The van der Waals surface area contributed by atoms with Gasteiger partial charge in [-0.25, -0.2) is 0 Å². The lowest BCUT2D eigenvalue weighted by Gasteiger charge is -2.42. The van der Waals surface area contributed by atoms with Crippen LogP contribution in [-0.2, 0) is 5.41 Å². The summed E-state index contributed by atoms with van der Waals surface area (Å²) in [5.74, 6) is 1.04. The molecule has 1 aliphatic rings. The van der Waals surface area contributed by atoms with Crippen molar-refractivity contribution in [2.45, 2.75) is 64.4 Å². The topological polar surface area (TPSA) is 21.3 Å². The number of ether oxygens (including phenoxy) is 1. The molecule has 1 N–H and O–H groups in total. The molecule has 0 atom stereocenters. The Bertz CT molecular complexity index is 429. The van der Waals surface area contributed by atoms with E-state index < -0.39 is 0 Å². The number of hydrogen-bond donors (Lipinski definition) is 1. The first-order valence-corrected chi connectivity index (χ1v) is 7.95. The summed E-state index contributed by atoms with van der Waals surface area (Å²) in [4.78, 5) is 0. The molecule has 1 aliphatic carbocycles. The second kappa shape index (κ2) is 6.17. The van der Waals surface area contributed by atoms with Crippen LogP contribution in [0, 0.1) is 0 Å². The molecular formula is C18H29NO. The molecule has 0 aliphatic heterocycles. The van der Waals surface area contributed by atoms with Gasteiger partial charge < -0.3 is 10.1 Å². The highest BCUT2D eigenvalue weighted by molar-refractivity contribution is 5.33. The van der Waals surface area contributed by atoms with Crippen molar-refractivity contribution in [3.63, 3.8) is 0 Å². The normalized spacial score (nSPS) is 17.6. The molecule has 2 rings (SSSR count). The van der Waals surface area contributed by atoms with Gasteiger partial charge in [0, 0.05) is 0 Å². The molecule has 0 aromatic heterocycles. The number of hydrogen-bond acceptors (Lipinski definition) is 2. The minimum atomic E-state index is 0.0820. The van der Waals surface area contributed by atoms with Crippen LogP contribution < -0.4 is 10.1 Å². The highest BCUT2D eigenvalue weighted by atomic mass is 16.5. The van der Waals surface area contributed by atoms with E-state index in [4.69, 9.17) is 4.74 Å². The smallest absolute Gasteiger partial charge is 0.120 e. The molecule has 0 saturated heterocycles. The Hall–Kier alpha value is -1.02. The first-order chi connectivity index (χ1) is 9.45. The van der Waals surface area contributed by atoms with Crippen LogP contribution in [0.2, 0.25) is 0 Å². The van der Waals surface area contributed by atoms with E-state index in [1.807, 2.05) is 0 Å². The standard InChI is InChI=1S/C18H29NO/c1-5-19-13-12-18(10-7-11-18)20-16-9-6-8-15(14-16)17(2,3)4/h6,8-9,14,19H,5,7,10-13H2,1-4H3.